The van der Waals surface area contributed by atoms with Crippen LogP contribution in [0.2, 0.25) is 0 Å². The van der Waals surface area contributed by atoms with Crippen LogP contribution in [0.5, 0.6) is 0 Å². The fraction of sp³-hybridized carbons (Fsp3) is 0.765. The summed E-state index contributed by atoms with van der Waals surface area (Å²) < 4.78 is 13.4. The van der Waals surface area contributed by atoms with Gasteiger partial charge in [0.15, 0.2) is 0 Å². The lowest BCUT2D eigenvalue weighted by Gasteiger charge is -2.57. The summed E-state index contributed by atoms with van der Waals surface area (Å²) >= 11 is 0. The zero-order valence-corrected chi connectivity index (χ0v) is 14.2. The zero-order valence-electron chi connectivity index (χ0n) is 14.2. The first kappa shape index (κ1) is 16.5. The van der Waals surface area contributed by atoms with Gasteiger partial charge in [-0.05, 0) is 40.0 Å². The van der Waals surface area contributed by atoms with Gasteiger partial charge in [-0.15, -0.1) is 0 Å². The minimum absolute atomic E-state index is 0.0323. The molecule has 1 N–H and O–H groups in total. The molecule has 2 fully saturated rings. The summed E-state index contributed by atoms with van der Waals surface area (Å²) in [5.41, 5.74) is 0.519. The maximum atomic E-state index is 12.5. The molecular weight excluding hydrogens is 294 g/mol. The number of nitrogens with zero attached hydrogens (tertiary/aromatic N) is 2. The Morgan fingerprint density at radius 1 is 1.52 bits per heavy atom. The van der Waals surface area contributed by atoms with E-state index in [1.165, 1.54) is 0 Å². The van der Waals surface area contributed by atoms with Crippen molar-refractivity contribution in [3.05, 3.63) is 18.2 Å². The normalized spacial score (nSPS) is 26.3. The Morgan fingerprint density at radius 3 is 2.87 bits per heavy atom. The van der Waals surface area contributed by atoms with Gasteiger partial charge < -0.3 is 19.4 Å². The highest BCUT2D eigenvalue weighted by Crippen LogP contribution is 2.50. The van der Waals surface area contributed by atoms with Gasteiger partial charge in [0.2, 0.25) is 0 Å². The quantitative estimate of drug-likeness (QED) is 0.902. The van der Waals surface area contributed by atoms with E-state index in [1.807, 2.05) is 17.7 Å². The van der Waals surface area contributed by atoms with Crippen LogP contribution in [0.25, 0.3) is 0 Å². The topological polar surface area (TPSA) is 65.4 Å². The second kappa shape index (κ2) is 6.61. The molecule has 1 aliphatic carbocycles. The van der Waals surface area contributed by atoms with E-state index in [2.05, 4.69) is 24.1 Å². The van der Waals surface area contributed by atoms with Crippen LogP contribution in [0.1, 0.15) is 56.6 Å². The molecule has 1 amide bonds. The maximum absolute atomic E-state index is 12.5. The Bertz CT molecular complexity index is 549. The van der Waals surface area contributed by atoms with Gasteiger partial charge in [-0.25, -0.2) is 4.98 Å². The molecule has 23 heavy (non-hydrogen) atoms. The second-order valence-electron chi connectivity index (χ2n) is 6.85. The van der Waals surface area contributed by atoms with E-state index in [-0.39, 0.29) is 23.5 Å². The lowest BCUT2D eigenvalue weighted by Crippen LogP contribution is -2.66. The van der Waals surface area contributed by atoms with Crippen molar-refractivity contribution < 1.29 is 14.3 Å². The number of hydrogen-bond donors (Lipinski definition) is 1. The standard InChI is InChI=1S/C17H27N3O3/c1-4-23-15-9-14(17(15)5-7-22-8-6-17)19-16(21)13-10-20(11-18-13)12(2)3/h10-12,14-15H,4-9H2,1-3H3,(H,19,21)/t14-,15+/m0/s1. The third-order valence-corrected chi connectivity index (χ3v) is 5.31. The molecule has 2 heterocycles. The summed E-state index contributed by atoms with van der Waals surface area (Å²) in [6, 6.07) is 0.455. The highest BCUT2D eigenvalue weighted by molar-refractivity contribution is 5.92. The Hall–Kier alpha value is -1.40. The van der Waals surface area contributed by atoms with E-state index in [0.29, 0.717) is 18.3 Å². The van der Waals surface area contributed by atoms with E-state index < -0.39 is 0 Å². The van der Waals surface area contributed by atoms with Gasteiger partial charge in [0.05, 0.1) is 12.4 Å². The molecule has 6 nitrogen and oxygen atoms in total. The van der Waals surface area contributed by atoms with Gasteiger partial charge >= 0.3 is 0 Å². The van der Waals surface area contributed by atoms with E-state index in [1.54, 1.807) is 6.33 Å². The van der Waals surface area contributed by atoms with Gasteiger partial charge in [0.25, 0.3) is 5.91 Å². The predicted octanol–water partition coefficient (Wildman–Crippen LogP) is 2.17. The first-order valence-electron chi connectivity index (χ1n) is 8.60. The van der Waals surface area contributed by atoms with Crippen molar-refractivity contribution in [2.75, 3.05) is 19.8 Å². The maximum Gasteiger partial charge on any atom is 0.271 e. The summed E-state index contributed by atoms with van der Waals surface area (Å²) in [6.45, 7) is 8.37. The number of rotatable bonds is 5. The number of carbonyl (C=O) groups is 1. The van der Waals surface area contributed by atoms with Crippen LogP contribution in [0.3, 0.4) is 0 Å². The Balaban J connectivity index is 1.67. The first-order chi connectivity index (χ1) is 11.1. The highest BCUT2D eigenvalue weighted by atomic mass is 16.5. The average Bonchev–Trinajstić information content (AvgIpc) is 3.05. The number of imidazole rings is 1. The summed E-state index contributed by atoms with van der Waals surface area (Å²) in [4.78, 5) is 16.7. The van der Waals surface area contributed by atoms with Crippen LogP contribution in [0, 0.1) is 5.41 Å². The minimum atomic E-state index is -0.0878. The summed E-state index contributed by atoms with van der Waals surface area (Å²) in [7, 11) is 0. The fourth-order valence-electron chi connectivity index (χ4n) is 3.78. The number of aromatic nitrogens is 2. The highest BCUT2D eigenvalue weighted by Gasteiger charge is 2.56. The Labute approximate surface area is 137 Å². The molecule has 1 spiro atoms. The van der Waals surface area contributed by atoms with E-state index in [0.717, 1.165) is 32.5 Å². The molecule has 128 valence electrons. The lowest BCUT2D eigenvalue weighted by molar-refractivity contribution is -0.170. The molecule has 6 heteroatoms. The molecule has 0 bridgehead atoms. The van der Waals surface area contributed by atoms with Gasteiger partial charge in [-0.3, -0.25) is 4.79 Å². The van der Waals surface area contributed by atoms with Crippen molar-refractivity contribution in [1.29, 1.82) is 0 Å². The second-order valence-corrected chi connectivity index (χ2v) is 6.85. The molecule has 2 aliphatic rings. The van der Waals surface area contributed by atoms with Crippen molar-refractivity contribution in [3.8, 4) is 0 Å². The number of hydrogen-bond acceptors (Lipinski definition) is 4. The molecule has 1 saturated carbocycles. The lowest BCUT2D eigenvalue weighted by atomic mass is 9.57. The molecule has 1 aliphatic heterocycles. The van der Waals surface area contributed by atoms with Crippen molar-refractivity contribution in [1.82, 2.24) is 14.9 Å². The van der Waals surface area contributed by atoms with Gasteiger partial charge in [0, 0.05) is 43.5 Å². The number of carbonyl (C=O) groups excluding carboxylic acids is 1. The number of ether oxygens (including phenoxy) is 2. The third-order valence-electron chi connectivity index (χ3n) is 5.31. The van der Waals surface area contributed by atoms with Crippen LogP contribution < -0.4 is 5.32 Å². The molecule has 2 atom stereocenters. The number of nitrogens with one attached hydrogen (secondary N) is 1. The largest absolute Gasteiger partial charge is 0.381 e. The van der Waals surface area contributed by atoms with Gasteiger partial charge in [-0.2, -0.15) is 0 Å². The van der Waals surface area contributed by atoms with Crippen LogP contribution in [0.4, 0.5) is 0 Å². The SMILES string of the molecule is CCO[C@@H]1C[C@H](NC(=O)c2cn(C(C)C)cn2)C12CCOCC2. The molecule has 1 aromatic heterocycles. The fourth-order valence-corrected chi connectivity index (χ4v) is 3.78. The van der Waals surface area contributed by atoms with Crippen molar-refractivity contribution in [3.63, 3.8) is 0 Å². The summed E-state index contributed by atoms with van der Waals surface area (Å²) in [5, 5.41) is 3.18. The van der Waals surface area contributed by atoms with Crippen LogP contribution in [-0.2, 0) is 9.47 Å². The third kappa shape index (κ3) is 3.02. The van der Waals surface area contributed by atoms with Crippen molar-refractivity contribution in [2.24, 2.45) is 5.41 Å². The van der Waals surface area contributed by atoms with E-state index in [9.17, 15) is 4.79 Å². The monoisotopic (exact) mass is 321 g/mol. The first-order valence-corrected chi connectivity index (χ1v) is 8.60. The Kier molecular flexibility index (Phi) is 4.73. The van der Waals surface area contributed by atoms with Crippen LogP contribution in [-0.4, -0.2) is 47.4 Å². The smallest absolute Gasteiger partial charge is 0.271 e. The molecule has 0 radical (unpaired) electrons. The summed E-state index contributed by atoms with van der Waals surface area (Å²) in [6.07, 6.45) is 6.54. The molecule has 3 rings (SSSR count). The molecule has 1 saturated heterocycles. The molecule has 0 unspecified atom stereocenters. The van der Waals surface area contributed by atoms with Crippen molar-refractivity contribution >= 4 is 5.91 Å². The average molecular weight is 321 g/mol. The summed E-state index contributed by atoms with van der Waals surface area (Å²) in [5.74, 6) is -0.0878. The van der Waals surface area contributed by atoms with Gasteiger partial charge in [0.1, 0.15) is 5.69 Å². The molecule has 1 aromatic rings. The van der Waals surface area contributed by atoms with E-state index >= 15 is 0 Å². The van der Waals surface area contributed by atoms with Crippen LogP contribution in [0.15, 0.2) is 12.5 Å². The van der Waals surface area contributed by atoms with Crippen molar-refractivity contribution in [2.45, 2.75) is 58.2 Å². The predicted molar refractivity (Wildman–Crippen MR) is 86.4 cm³/mol. The molecule has 0 aromatic carbocycles. The number of amides is 1. The Morgan fingerprint density at radius 2 is 2.26 bits per heavy atom. The van der Waals surface area contributed by atoms with Crippen LogP contribution >= 0.6 is 0 Å². The zero-order chi connectivity index (χ0) is 16.4. The molecular formula is C17H27N3O3. The van der Waals surface area contributed by atoms with Gasteiger partial charge in [-0.1, -0.05) is 0 Å². The minimum Gasteiger partial charge on any atom is -0.381 e. The van der Waals surface area contributed by atoms with E-state index in [4.69, 9.17) is 9.47 Å².